The highest BCUT2D eigenvalue weighted by Crippen LogP contribution is 2.29. The third kappa shape index (κ3) is 4.99. The van der Waals surface area contributed by atoms with E-state index in [4.69, 9.17) is 5.26 Å². The van der Waals surface area contributed by atoms with Gasteiger partial charge in [0.2, 0.25) is 0 Å². The average Bonchev–Trinajstić information content (AvgIpc) is 3.01. The van der Waals surface area contributed by atoms with E-state index in [2.05, 4.69) is 24.8 Å². The summed E-state index contributed by atoms with van der Waals surface area (Å²) in [6.07, 6.45) is 5.01. The zero-order valence-electron chi connectivity index (χ0n) is 11.3. The Labute approximate surface area is 101 Å². The summed E-state index contributed by atoms with van der Waals surface area (Å²) < 4.78 is 0. The van der Waals surface area contributed by atoms with Crippen LogP contribution in [0.4, 0.5) is 0 Å². The summed E-state index contributed by atoms with van der Waals surface area (Å²) in [7, 11) is 0. The van der Waals surface area contributed by atoms with E-state index in [1.54, 1.807) is 0 Å². The number of hydrogen-bond acceptors (Lipinski definition) is 2. The van der Waals surface area contributed by atoms with Crippen LogP contribution in [0.15, 0.2) is 0 Å². The summed E-state index contributed by atoms with van der Waals surface area (Å²) in [5, 5.41) is 9.01. The van der Waals surface area contributed by atoms with Crippen molar-refractivity contribution >= 4 is 0 Å². The lowest BCUT2D eigenvalue weighted by molar-refractivity contribution is 0.221. The van der Waals surface area contributed by atoms with Crippen LogP contribution in [0.3, 0.4) is 0 Å². The highest BCUT2D eigenvalue weighted by Gasteiger charge is 2.30. The summed E-state index contributed by atoms with van der Waals surface area (Å²) in [6, 6.07) is 3.22. The molecule has 0 atom stereocenters. The molecule has 1 fully saturated rings. The monoisotopic (exact) mass is 222 g/mol. The predicted octanol–water partition coefficient (Wildman–Crippen LogP) is 3.44. The molecule has 1 aliphatic rings. The molecule has 0 aromatic heterocycles. The molecule has 0 N–H and O–H groups in total. The Kier molecular flexibility index (Phi) is 4.80. The molecule has 0 aliphatic heterocycles. The van der Waals surface area contributed by atoms with Gasteiger partial charge in [-0.15, -0.1) is 0 Å². The minimum absolute atomic E-state index is 0.162. The van der Waals surface area contributed by atoms with E-state index >= 15 is 0 Å². The van der Waals surface area contributed by atoms with Crippen LogP contribution in [0.2, 0.25) is 0 Å². The third-order valence-electron chi connectivity index (χ3n) is 3.38. The summed E-state index contributed by atoms with van der Waals surface area (Å²) in [4.78, 5) is 2.60. The van der Waals surface area contributed by atoms with Crippen molar-refractivity contribution in [1.29, 1.82) is 5.26 Å². The molecule has 2 heteroatoms. The Morgan fingerprint density at radius 2 is 1.94 bits per heavy atom. The van der Waals surface area contributed by atoms with Crippen LogP contribution in [0.5, 0.6) is 0 Å². The average molecular weight is 222 g/mol. The first kappa shape index (κ1) is 13.5. The van der Waals surface area contributed by atoms with E-state index in [1.165, 1.54) is 25.8 Å². The van der Waals surface area contributed by atoms with Gasteiger partial charge in [-0.3, -0.25) is 0 Å². The zero-order chi connectivity index (χ0) is 12.2. The molecule has 0 unspecified atom stereocenters. The van der Waals surface area contributed by atoms with Gasteiger partial charge in [-0.25, -0.2) is 0 Å². The number of nitrogens with zero attached hydrogens (tertiary/aromatic N) is 2. The molecule has 1 aliphatic carbocycles. The summed E-state index contributed by atoms with van der Waals surface area (Å²) in [5.74, 6) is 0.783. The molecule has 0 bridgehead atoms. The van der Waals surface area contributed by atoms with E-state index in [0.29, 0.717) is 0 Å². The lowest BCUT2D eigenvalue weighted by Crippen LogP contribution is -2.31. The number of rotatable bonds is 7. The topological polar surface area (TPSA) is 27.0 Å². The molecule has 0 aromatic rings. The van der Waals surface area contributed by atoms with Crippen LogP contribution >= 0.6 is 0 Å². The maximum absolute atomic E-state index is 9.01. The van der Waals surface area contributed by atoms with E-state index in [1.807, 2.05) is 13.8 Å². The first-order chi connectivity index (χ1) is 7.44. The van der Waals surface area contributed by atoms with Crippen molar-refractivity contribution in [3.05, 3.63) is 0 Å². The van der Waals surface area contributed by atoms with Gasteiger partial charge in [0.05, 0.1) is 11.5 Å². The standard InChI is InChI=1S/C14H26N2/c1-12(2)7-9-16(13-5-6-13)10-8-14(3,4)11-15/h12-13H,5-10H2,1-4H3. The van der Waals surface area contributed by atoms with Gasteiger partial charge in [-0.1, -0.05) is 13.8 Å². The smallest absolute Gasteiger partial charge is 0.0684 e. The second-order valence-electron chi connectivity index (χ2n) is 6.20. The number of nitriles is 1. The van der Waals surface area contributed by atoms with Crippen LogP contribution in [0.25, 0.3) is 0 Å². The highest BCUT2D eigenvalue weighted by molar-refractivity contribution is 4.93. The SMILES string of the molecule is CC(C)CCN(CCC(C)(C)C#N)C1CC1. The molecule has 0 radical (unpaired) electrons. The predicted molar refractivity (Wildman–Crippen MR) is 68.1 cm³/mol. The lowest BCUT2D eigenvalue weighted by Gasteiger charge is -2.26. The van der Waals surface area contributed by atoms with Crippen LogP contribution in [0, 0.1) is 22.7 Å². The minimum atomic E-state index is -0.162. The molecule has 16 heavy (non-hydrogen) atoms. The fraction of sp³-hybridized carbons (Fsp3) is 0.929. The van der Waals surface area contributed by atoms with Crippen molar-refractivity contribution in [2.75, 3.05) is 13.1 Å². The summed E-state index contributed by atoms with van der Waals surface area (Å²) in [6.45, 7) is 11.0. The minimum Gasteiger partial charge on any atom is -0.300 e. The van der Waals surface area contributed by atoms with Crippen LogP contribution in [-0.2, 0) is 0 Å². The van der Waals surface area contributed by atoms with Crippen molar-refractivity contribution in [1.82, 2.24) is 4.90 Å². The molecule has 1 rings (SSSR count). The van der Waals surface area contributed by atoms with Gasteiger partial charge in [0.1, 0.15) is 0 Å². The van der Waals surface area contributed by atoms with Gasteiger partial charge < -0.3 is 4.90 Å². The fourth-order valence-corrected chi connectivity index (χ4v) is 1.82. The quantitative estimate of drug-likeness (QED) is 0.660. The molecule has 0 aromatic carbocycles. The second-order valence-corrected chi connectivity index (χ2v) is 6.20. The van der Waals surface area contributed by atoms with E-state index < -0.39 is 0 Å². The van der Waals surface area contributed by atoms with Crippen LogP contribution < -0.4 is 0 Å². The number of hydrogen-bond donors (Lipinski definition) is 0. The summed E-state index contributed by atoms with van der Waals surface area (Å²) >= 11 is 0. The molecular weight excluding hydrogens is 196 g/mol. The lowest BCUT2D eigenvalue weighted by atomic mass is 9.91. The van der Waals surface area contributed by atoms with E-state index in [0.717, 1.165) is 24.9 Å². The normalized spacial score (nSPS) is 16.8. The first-order valence-corrected chi connectivity index (χ1v) is 6.60. The largest absolute Gasteiger partial charge is 0.300 e. The Morgan fingerprint density at radius 3 is 2.38 bits per heavy atom. The van der Waals surface area contributed by atoms with Gasteiger partial charge in [-0.2, -0.15) is 5.26 Å². The zero-order valence-corrected chi connectivity index (χ0v) is 11.3. The summed E-state index contributed by atoms with van der Waals surface area (Å²) in [5.41, 5.74) is -0.162. The maximum atomic E-state index is 9.01. The molecule has 92 valence electrons. The molecule has 2 nitrogen and oxygen atoms in total. The van der Waals surface area contributed by atoms with Crippen molar-refractivity contribution in [2.24, 2.45) is 11.3 Å². The Bertz CT molecular complexity index is 246. The van der Waals surface area contributed by atoms with Crippen molar-refractivity contribution in [3.8, 4) is 6.07 Å². The van der Waals surface area contributed by atoms with Gasteiger partial charge >= 0.3 is 0 Å². The Balaban J connectivity index is 2.31. The van der Waals surface area contributed by atoms with Gasteiger partial charge in [0, 0.05) is 6.04 Å². The Morgan fingerprint density at radius 1 is 1.31 bits per heavy atom. The van der Waals surface area contributed by atoms with E-state index in [-0.39, 0.29) is 5.41 Å². The van der Waals surface area contributed by atoms with Crippen molar-refractivity contribution in [3.63, 3.8) is 0 Å². The fourth-order valence-electron chi connectivity index (χ4n) is 1.82. The molecule has 0 spiro atoms. The molecule has 0 heterocycles. The van der Waals surface area contributed by atoms with Gasteiger partial charge in [0.15, 0.2) is 0 Å². The first-order valence-electron chi connectivity index (χ1n) is 6.60. The molecule has 0 amide bonds. The van der Waals surface area contributed by atoms with Crippen molar-refractivity contribution < 1.29 is 0 Å². The van der Waals surface area contributed by atoms with E-state index in [9.17, 15) is 0 Å². The third-order valence-corrected chi connectivity index (χ3v) is 3.38. The van der Waals surface area contributed by atoms with Crippen molar-refractivity contribution in [2.45, 2.75) is 59.4 Å². The van der Waals surface area contributed by atoms with Crippen LogP contribution in [0.1, 0.15) is 53.4 Å². The molecule has 1 saturated carbocycles. The van der Waals surface area contributed by atoms with Gasteiger partial charge in [0.25, 0.3) is 0 Å². The second kappa shape index (κ2) is 5.68. The highest BCUT2D eigenvalue weighted by atomic mass is 15.2. The maximum Gasteiger partial charge on any atom is 0.0684 e. The van der Waals surface area contributed by atoms with Gasteiger partial charge in [-0.05, 0) is 58.5 Å². The Hall–Kier alpha value is -0.550. The molecule has 0 saturated heterocycles. The van der Waals surface area contributed by atoms with Crippen LogP contribution in [-0.4, -0.2) is 24.0 Å². The molecular formula is C14H26N2.